The van der Waals surface area contributed by atoms with Crippen molar-refractivity contribution in [2.75, 3.05) is 6.26 Å². The van der Waals surface area contributed by atoms with Crippen LogP contribution in [0.4, 0.5) is 0 Å². The monoisotopic (exact) mass is 145 g/mol. The van der Waals surface area contributed by atoms with E-state index in [0.29, 0.717) is 6.01 Å². The standard InChI is InChI=1S/C4H7N3OS/c1-3-5-4(7-6-3)8-9-2/h1-2H3,(H,5,6,7). The van der Waals surface area contributed by atoms with E-state index in [1.807, 2.05) is 13.2 Å². The minimum absolute atomic E-state index is 0.389. The van der Waals surface area contributed by atoms with Gasteiger partial charge in [0.05, 0.1) is 12.0 Å². The van der Waals surface area contributed by atoms with E-state index < -0.39 is 0 Å². The van der Waals surface area contributed by atoms with Gasteiger partial charge in [0.15, 0.2) is 0 Å². The van der Waals surface area contributed by atoms with Gasteiger partial charge in [-0.1, -0.05) is 0 Å². The van der Waals surface area contributed by atoms with Crippen LogP contribution in [0, 0.1) is 6.92 Å². The number of nitrogens with zero attached hydrogens (tertiary/aromatic N) is 2. The lowest BCUT2D eigenvalue weighted by Gasteiger charge is -1.87. The van der Waals surface area contributed by atoms with Gasteiger partial charge in [-0.05, 0) is 6.92 Å². The second kappa shape index (κ2) is 2.72. The molecular formula is C4H7N3OS. The van der Waals surface area contributed by atoms with Gasteiger partial charge >= 0.3 is 6.01 Å². The first kappa shape index (κ1) is 6.41. The number of hydrogen-bond acceptors (Lipinski definition) is 4. The van der Waals surface area contributed by atoms with Gasteiger partial charge in [-0.2, -0.15) is 4.98 Å². The van der Waals surface area contributed by atoms with Crippen molar-refractivity contribution >= 4 is 12.0 Å². The van der Waals surface area contributed by atoms with Crippen molar-refractivity contribution in [1.29, 1.82) is 0 Å². The Balaban J connectivity index is 2.61. The second-order valence-corrected chi connectivity index (χ2v) is 1.95. The van der Waals surface area contributed by atoms with E-state index in [-0.39, 0.29) is 0 Å². The molecule has 50 valence electrons. The van der Waals surface area contributed by atoms with Gasteiger partial charge in [0.1, 0.15) is 5.82 Å². The first-order valence-electron chi connectivity index (χ1n) is 2.42. The van der Waals surface area contributed by atoms with E-state index in [4.69, 9.17) is 4.18 Å². The van der Waals surface area contributed by atoms with Crippen LogP contribution >= 0.6 is 12.0 Å². The Hall–Kier alpha value is -0.710. The molecular weight excluding hydrogens is 138 g/mol. The maximum Gasteiger partial charge on any atom is 0.347 e. The van der Waals surface area contributed by atoms with Crippen LogP contribution in [0.5, 0.6) is 6.01 Å². The van der Waals surface area contributed by atoms with Crippen LogP contribution in [0.15, 0.2) is 0 Å². The summed E-state index contributed by atoms with van der Waals surface area (Å²) in [5.74, 6) is 0.763. The summed E-state index contributed by atoms with van der Waals surface area (Å²) < 4.78 is 4.89. The van der Waals surface area contributed by atoms with E-state index in [0.717, 1.165) is 5.82 Å². The average Bonchev–Trinajstić information content (AvgIpc) is 2.17. The minimum atomic E-state index is 0.389. The maximum absolute atomic E-state index is 4.89. The first-order valence-corrected chi connectivity index (χ1v) is 3.57. The highest BCUT2D eigenvalue weighted by molar-refractivity contribution is 7.94. The molecule has 1 aromatic rings. The Morgan fingerprint density at radius 3 is 2.89 bits per heavy atom. The largest absolute Gasteiger partial charge is 0.388 e. The van der Waals surface area contributed by atoms with Crippen LogP contribution in [0.1, 0.15) is 5.82 Å². The zero-order valence-electron chi connectivity index (χ0n) is 5.21. The van der Waals surface area contributed by atoms with Crippen molar-refractivity contribution in [2.24, 2.45) is 0 Å². The van der Waals surface area contributed by atoms with E-state index in [1.54, 1.807) is 0 Å². The molecule has 0 bridgehead atoms. The third-order valence-electron chi connectivity index (χ3n) is 0.735. The summed E-state index contributed by atoms with van der Waals surface area (Å²) in [7, 11) is 0. The topological polar surface area (TPSA) is 50.8 Å². The van der Waals surface area contributed by atoms with Crippen LogP contribution < -0.4 is 4.18 Å². The lowest BCUT2D eigenvalue weighted by molar-refractivity contribution is 0.591. The second-order valence-electron chi connectivity index (χ2n) is 1.45. The summed E-state index contributed by atoms with van der Waals surface area (Å²) in [6.45, 7) is 1.82. The van der Waals surface area contributed by atoms with Gasteiger partial charge in [0.2, 0.25) is 0 Å². The summed E-state index contributed by atoms with van der Waals surface area (Å²) in [5.41, 5.74) is 0. The normalized spacial score (nSPS) is 9.56. The number of aromatic amines is 1. The summed E-state index contributed by atoms with van der Waals surface area (Å²) >= 11 is 1.22. The minimum Gasteiger partial charge on any atom is -0.388 e. The van der Waals surface area contributed by atoms with Crippen molar-refractivity contribution in [2.45, 2.75) is 6.92 Å². The number of aromatic nitrogens is 3. The highest BCUT2D eigenvalue weighted by Gasteiger charge is 1.96. The van der Waals surface area contributed by atoms with E-state index in [9.17, 15) is 0 Å². The zero-order valence-corrected chi connectivity index (χ0v) is 6.03. The Labute approximate surface area is 57.2 Å². The molecule has 0 aliphatic heterocycles. The summed E-state index contributed by atoms with van der Waals surface area (Å²) in [4.78, 5) is 3.89. The summed E-state index contributed by atoms with van der Waals surface area (Å²) in [6.07, 6.45) is 1.81. The smallest absolute Gasteiger partial charge is 0.347 e. The quantitative estimate of drug-likeness (QED) is 0.624. The van der Waals surface area contributed by atoms with Crippen LogP contribution in [-0.2, 0) is 0 Å². The van der Waals surface area contributed by atoms with Gasteiger partial charge < -0.3 is 4.18 Å². The third-order valence-corrected chi connectivity index (χ3v) is 1.05. The van der Waals surface area contributed by atoms with Crippen molar-refractivity contribution in [1.82, 2.24) is 15.2 Å². The van der Waals surface area contributed by atoms with Gasteiger partial charge in [-0.15, -0.1) is 5.10 Å². The predicted octanol–water partition coefficient (Wildman–Crippen LogP) is 0.770. The first-order chi connectivity index (χ1) is 4.33. The molecule has 5 heteroatoms. The Kier molecular flexibility index (Phi) is 1.94. The highest BCUT2D eigenvalue weighted by atomic mass is 32.2. The molecule has 1 N–H and O–H groups in total. The summed E-state index contributed by atoms with van der Waals surface area (Å²) in [6, 6.07) is 0.389. The predicted molar refractivity (Wildman–Crippen MR) is 35.3 cm³/mol. The molecule has 1 aromatic heterocycles. The Morgan fingerprint density at radius 1 is 1.67 bits per heavy atom. The summed E-state index contributed by atoms with van der Waals surface area (Å²) in [5, 5.41) is 6.38. The van der Waals surface area contributed by atoms with Crippen molar-refractivity contribution < 1.29 is 4.18 Å². The zero-order chi connectivity index (χ0) is 6.69. The molecule has 0 amide bonds. The molecule has 0 unspecified atom stereocenters. The van der Waals surface area contributed by atoms with Crippen LogP contribution in [-0.4, -0.2) is 21.4 Å². The molecule has 0 aliphatic carbocycles. The molecule has 0 fully saturated rings. The molecule has 0 spiro atoms. The highest BCUT2D eigenvalue weighted by Crippen LogP contribution is 2.05. The van der Waals surface area contributed by atoms with Gasteiger partial charge in [0.25, 0.3) is 0 Å². The molecule has 0 aliphatic rings. The number of rotatable bonds is 2. The SMILES string of the molecule is CSOc1n[nH]c(C)n1. The number of aryl methyl sites for hydroxylation is 1. The molecule has 0 saturated carbocycles. The van der Waals surface area contributed by atoms with Crippen molar-refractivity contribution in [3.8, 4) is 6.01 Å². The van der Waals surface area contributed by atoms with E-state index >= 15 is 0 Å². The fourth-order valence-corrected chi connectivity index (χ4v) is 0.658. The molecule has 0 saturated heterocycles. The van der Waals surface area contributed by atoms with Gasteiger partial charge in [0, 0.05) is 6.26 Å². The Bertz CT molecular complexity index is 188. The third kappa shape index (κ3) is 1.60. The molecule has 4 nitrogen and oxygen atoms in total. The molecule has 0 radical (unpaired) electrons. The van der Waals surface area contributed by atoms with Gasteiger partial charge in [-0.25, -0.2) is 0 Å². The van der Waals surface area contributed by atoms with Crippen LogP contribution in [0.3, 0.4) is 0 Å². The van der Waals surface area contributed by atoms with Crippen molar-refractivity contribution in [3.63, 3.8) is 0 Å². The molecule has 0 atom stereocenters. The molecule has 9 heavy (non-hydrogen) atoms. The number of hydrogen-bond donors (Lipinski definition) is 1. The number of nitrogens with one attached hydrogen (secondary N) is 1. The van der Waals surface area contributed by atoms with Gasteiger partial charge in [-0.3, -0.25) is 5.10 Å². The van der Waals surface area contributed by atoms with E-state index in [1.165, 1.54) is 12.0 Å². The number of H-pyrrole nitrogens is 1. The molecule has 1 heterocycles. The fraction of sp³-hybridized carbons (Fsp3) is 0.500. The van der Waals surface area contributed by atoms with Crippen LogP contribution in [0.25, 0.3) is 0 Å². The molecule has 1 rings (SSSR count). The fourth-order valence-electron chi connectivity index (χ4n) is 0.434. The Morgan fingerprint density at radius 2 is 2.44 bits per heavy atom. The maximum atomic E-state index is 4.89. The van der Waals surface area contributed by atoms with Crippen LogP contribution in [0.2, 0.25) is 0 Å². The van der Waals surface area contributed by atoms with E-state index in [2.05, 4.69) is 15.2 Å². The lowest BCUT2D eigenvalue weighted by atomic mass is 10.8. The lowest BCUT2D eigenvalue weighted by Crippen LogP contribution is -1.80. The molecule has 0 aromatic carbocycles. The van der Waals surface area contributed by atoms with Crippen molar-refractivity contribution in [3.05, 3.63) is 5.82 Å². The average molecular weight is 145 g/mol.